The third kappa shape index (κ3) is 3.11. The summed E-state index contributed by atoms with van der Waals surface area (Å²) < 4.78 is 0. The number of halogens is 1. The van der Waals surface area contributed by atoms with E-state index in [2.05, 4.69) is 43.8 Å². The van der Waals surface area contributed by atoms with E-state index in [1.807, 2.05) is 12.1 Å². The van der Waals surface area contributed by atoms with Crippen molar-refractivity contribution >= 4 is 23.4 Å². The zero-order valence-corrected chi connectivity index (χ0v) is 13.5. The van der Waals surface area contributed by atoms with Gasteiger partial charge in [0.25, 0.3) is 0 Å². The fourth-order valence-corrected chi connectivity index (χ4v) is 2.71. The van der Waals surface area contributed by atoms with Crippen LogP contribution in [-0.2, 0) is 0 Å². The summed E-state index contributed by atoms with van der Waals surface area (Å²) in [5, 5.41) is 9.26. The molecule has 3 heterocycles. The van der Waals surface area contributed by atoms with Crippen molar-refractivity contribution in [2.24, 2.45) is 0 Å². The van der Waals surface area contributed by atoms with Crippen LogP contribution in [0.15, 0.2) is 24.5 Å². The molecule has 0 radical (unpaired) electrons. The highest BCUT2D eigenvalue weighted by atomic mass is 35.5. The largest absolute Gasteiger partial charge is 0.350 e. The van der Waals surface area contributed by atoms with E-state index in [4.69, 9.17) is 11.6 Å². The molecule has 0 aromatic carbocycles. The highest BCUT2D eigenvalue weighted by molar-refractivity contribution is 6.33. The Kier molecular flexibility index (Phi) is 4.38. The Morgan fingerprint density at radius 1 is 1.00 bits per heavy atom. The van der Waals surface area contributed by atoms with E-state index < -0.39 is 0 Å². The van der Waals surface area contributed by atoms with Gasteiger partial charge in [-0.15, -0.1) is 5.10 Å². The Morgan fingerprint density at radius 2 is 1.64 bits per heavy atom. The molecule has 1 fully saturated rings. The summed E-state index contributed by atoms with van der Waals surface area (Å²) in [6.45, 7) is 7.50. The molecule has 0 aliphatic carbocycles. The molecule has 1 saturated heterocycles. The monoisotopic (exact) mass is 318 g/mol. The maximum atomic E-state index is 6.38. The lowest BCUT2D eigenvalue weighted by Gasteiger charge is -2.35. The fraction of sp³-hybridized carbons (Fsp3) is 0.467. The van der Waals surface area contributed by atoms with Crippen LogP contribution in [0.4, 0.5) is 11.8 Å². The first-order valence-corrected chi connectivity index (χ1v) is 7.83. The lowest BCUT2D eigenvalue weighted by Crippen LogP contribution is -2.47. The van der Waals surface area contributed by atoms with Crippen LogP contribution in [0, 0.1) is 0 Å². The Bertz CT molecular complexity index is 625. The Balaban J connectivity index is 1.69. The van der Waals surface area contributed by atoms with Crippen molar-refractivity contribution in [2.75, 3.05) is 36.0 Å². The van der Waals surface area contributed by atoms with Gasteiger partial charge >= 0.3 is 0 Å². The molecule has 3 rings (SSSR count). The SMILES string of the molecule is CC(C)c1cc(Cl)c(N2CCN(c3ncccn3)CC2)nn1. The summed E-state index contributed by atoms with van der Waals surface area (Å²) >= 11 is 6.38. The fourth-order valence-electron chi connectivity index (χ4n) is 2.45. The van der Waals surface area contributed by atoms with Crippen LogP contribution in [0.2, 0.25) is 5.02 Å². The lowest BCUT2D eigenvalue weighted by atomic mass is 10.1. The molecule has 116 valence electrons. The predicted octanol–water partition coefficient (Wildman–Crippen LogP) is 2.37. The van der Waals surface area contributed by atoms with Crippen LogP contribution in [0.25, 0.3) is 0 Å². The molecular weight excluding hydrogens is 300 g/mol. The van der Waals surface area contributed by atoms with E-state index in [1.165, 1.54) is 0 Å². The van der Waals surface area contributed by atoms with Gasteiger partial charge in [0.15, 0.2) is 5.82 Å². The van der Waals surface area contributed by atoms with Crippen LogP contribution >= 0.6 is 11.6 Å². The third-order valence-electron chi connectivity index (χ3n) is 3.75. The molecule has 7 heteroatoms. The van der Waals surface area contributed by atoms with E-state index >= 15 is 0 Å². The number of piperazine rings is 1. The second kappa shape index (κ2) is 6.44. The van der Waals surface area contributed by atoms with E-state index in [0.29, 0.717) is 10.9 Å². The molecule has 0 atom stereocenters. The van der Waals surface area contributed by atoms with Crippen molar-refractivity contribution in [3.05, 3.63) is 35.2 Å². The van der Waals surface area contributed by atoms with E-state index in [-0.39, 0.29) is 0 Å². The summed E-state index contributed by atoms with van der Waals surface area (Å²) in [5.74, 6) is 1.86. The van der Waals surface area contributed by atoms with Crippen molar-refractivity contribution < 1.29 is 0 Å². The molecule has 0 saturated carbocycles. The second-order valence-electron chi connectivity index (χ2n) is 5.62. The summed E-state index contributed by atoms with van der Waals surface area (Å²) in [7, 11) is 0. The molecule has 2 aromatic heterocycles. The van der Waals surface area contributed by atoms with Gasteiger partial charge in [0.2, 0.25) is 5.95 Å². The van der Waals surface area contributed by atoms with Gasteiger partial charge in [-0.3, -0.25) is 0 Å². The summed E-state index contributed by atoms with van der Waals surface area (Å²) in [6.07, 6.45) is 3.53. The van der Waals surface area contributed by atoms with E-state index in [9.17, 15) is 0 Å². The average molecular weight is 319 g/mol. The number of anilines is 2. The minimum atomic E-state index is 0.325. The molecular formula is C15H19ClN6. The Labute approximate surface area is 135 Å². The molecule has 2 aromatic rings. The van der Waals surface area contributed by atoms with Gasteiger partial charge in [-0.1, -0.05) is 25.4 Å². The molecule has 0 spiro atoms. The quantitative estimate of drug-likeness (QED) is 0.866. The first-order valence-electron chi connectivity index (χ1n) is 7.45. The summed E-state index contributed by atoms with van der Waals surface area (Å²) in [5.41, 5.74) is 0.921. The molecule has 6 nitrogen and oxygen atoms in total. The van der Waals surface area contributed by atoms with Gasteiger partial charge < -0.3 is 9.80 Å². The zero-order chi connectivity index (χ0) is 15.5. The smallest absolute Gasteiger partial charge is 0.225 e. The summed E-state index contributed by atoms with van der Waals surface area (Å²) in [6, 6.07) is 3.74. The number of nitrogens with zero attached hydrogens (tertiary/aromatic N) is 6. The minimum absolute atomic E-state index is 0.325. The van der Waals surface area contributed by atoms with Gasteiger partial charge in [-0.05, 0) is 18.1 Å². The van der Waals surface area contributed by atoms with Gasteiger partial charge in [-0.2, -0.15) is 5.10 Å². The van der Waals surface area contributed by atoms with Crippen LogP contribution < -0.4 is 9.80 Å². The predicted molar refractivity (Wildman–Crippen MR) is 87.6 cm³/mol. The third-order valence-corrected chi connectivity index (χ3v) is 4.03. The van der Waals surface area contributed by atoms with Crippen molar-refractivity contribution in [1.82, 2.24) is 20.2 Å². The van der Waals surface area contributed by atoms with Crippen LogP contribution in [0.1, 0.15) is 25.5 Å². The van der Waals surface area contributed by atoms with E-state index in [1.54, 1.807) is 12.4 Å². The van der Waals surface area contributed by atoms with Crippen molar-refractivity contribution in [1.29, 1.82) is 0 Å². The van der Waals surface area contributed by atoms with Crippen molar-refractivity contribution in [3.63, 3.8) is 0 Å². The molecule has 0 amide bonds. The number of aromatic nitrogens is 4. The molecule has 0 bridgehead atoms. The van der Waals surface area contributed by atoms with Crippen LogP contribution in [-0.4, -0.2) is 46.3 Å². The normalized spacial score (nSPS) is 15.5. The van der Waals surface area contributed by atoms with Crippen molar-refractivity contribution in [3.8, 4) is 0 Å². The summed E-state index contributed by atoms with van der Waals surface area (Å²) in [4.78, 5) is 12.9. The standard InChI is InChI=1S/C15H19ClN6/c1-11(2)13-10-12(16)14(20-19-13)21-6-8-22(9-7-21)15-17-4-3-5-18-15/h3-5,10-11H,6-9H2,1-2H3. The topological polar surface area (TPSA) is 58.0 Å². The highest BCUT2D eigenvalue weighted by Crippen LogP contribution is 2.26. The van der Waals surface area contributed by atoms with Gasteiger partial charge in [0, 0.05) is 38.6 Å². The lowest BCUT2D eigenvalue weighted by molar-refractivity contribution is 0.629. The second-order valence-corrected chi connectivity index (χ2v) is 6.03. The van der Waals surface area contributed by atoms with Gasteiger partial charge in [0.1, 0.15) is 0 Å². The van der Waals surface area contributed by atoms with Crippen molar-refractivity contribution in [2.45, 2.75) is 19.8 Å². The first kappa shape index (κ1) is 15.0. The highest BCUT2D eigenvalue weighted by Gasteiger charge is 2.22. The number of rotatable bonds is 3. The molecule has 0 N–H and O–H groups in total. The first-order chi connectivity index (χ1) is 10.6. The zero-order valence-electron chi connectivity index (χ0n) is 12.8. The molecule has 1 aliphatic heterocycles. The number of hydrogen-bond donors (Lipinski definition) is 0. The van der Waals surface area contributed by atoms with Gasteiger partial charge in [-0.25, -0.2) is 9.97 Å². The maximum Gasteiger partial charge on any atom is 0.225 e. The molecule has 1 aliphatic rings. The van der Waals surface area contributed by atoms with Crippen LogP contribution in [0.3, 0.4) is 0 Å². The Hall–Kier alpha value is -1.95. The average Bonchev–Trinajstić information content (AvgIpc) is 2.56. The van der Waals surface area contributed by atoms with Gasteiger partial charge in [0.05, 0.1) is 10.7 Å². The van der Waals surface area contributed by atoms with Crippen LogP contribution in [0.5, 0.6) is 0 Å². The molecule has 0 unspecified atom stereocenters. The maximum absolute atomic E-state index is 6.38. The van der Waals surface area contributed by atoms with E-state index in [0.717, 1.165) is 43.6 Å². The molecule has 22 heavy (non-hydrogen) atoms. The Morgan fingerprint density at radius 3 is 2.23 bits per heavy atom. The number of hydrogen-bond acceptors (Lipinski definition) is 6. The minimum Gasteiger partial charge on any atom is -0.350 e.